The molecule has 0 heterocycles. The van der Waals surface area contributed by atoms with Crippen LogP contribution in [-0.2, 0) is 9.84 Å². The lowest BCUT2D eigenvalue weighted by molar-refractivity contribution is 0.166. The summed E-state index contributed by atoms with van der Waals surface area (Å²) in [5.74, 6) is 1.06. The van der Waals surface area contributed by atoms with Crippen LogP contribution in [0.25, 0.3) is 0 Å². The SMILES string of the molecule is CCS(=O)(=O)CCCC(O)c1ccc(OC(C)C)cc1. The van der Waals surface area contributed by atoms with Crippen molar-refractivity contribution in [1.82, 2.24) is 0 Å². The molecule has 5 heteroatoms. The highest BCUT2D eigenvalue weighted by Crippen LogP contribution is 2.22. The first-order valence-electron chi connectivity index (χ1n) is 6.99. The van der Waals surface area contributed by atoms with Crippen LogP contribution in [-0.4, -0.2) is 31.1 Å². The summed E-state index contributed by atoms with van der Waals surface area (Å²) in [6.07, 6.45) is 0.408. The molecule has 1 rings (SSSR count). The van der Waals surface area contributed by atoms with Gasteiger partial charge in [0, 0.05) is 5.75 Å². The Balaban J connectivity index is 2.49. The second kappa shape index (κ2) is 7.64. The molecule has 0 bridgehead atoms. The molecule has 0 aromatic heterocycles. The van der Waals surface area contributed by atoms with Crippen molar-refractivity contribution >= 4 is 9.84 Å². The van der Waals surface area contributed by atoms with Crippen LogP contribution in [0.5, 0.6) is 5.75 Å². The second-order valence-corrected chi connectivity index (χ2v) is 7.60. The van der Waals surface area contributed by atoms with Gasteiger partial charge in [-0.05, 0) is 44.4 Å². The van der Waals surface area contributed by atoms with Gasteiger partial charge >= 0.3 is 0 Å². The van der Waals surface area contributed by atoms with Gasteiger partial charge in [-0.25, -0.2) is 8.42 Å². The van der Waals surface area contributed by atoms with Crippen LogP contribution >= 0.6 is 0 Å². The molecule has 1 aromatic rings. The number of aliphatic hydroxyl groups is 1. The summed E-state index contributed by atoms with van der Waals surface area (Å²) < 4.78 is 28.3. The minimum Gasteiger partial charge on any atom is -0.491 e. The summed E-state index contributed by atoms with van der Waals surface area (Å²) in [5, 5.41) is 10.0. The molecule has 0 aliphatic carbocycles. The minimum atomic E-state index is -2.95. The van der Waals surface area contributed by atoms with E-state index < -0.39 is 15.9 Å². The number of ether oxygens (including phenoxy) is 1. The number of sulfone groups is 1. The second-order valence-electron chi connectivity index (χ2n) is 5.13. The minimum absolute atomic E-state index is 0.116. The van der Waals surface area contributed by atoms with Crippen LogP contribution in [0.2, 0.25) is 0 Å². The third kappa shape index (κ3) is 5.92. The Morgan fingerprint density at radius 1 is 1.20 bits per heavy atom. The van der Waals surface area contributed by atoms with Crippen molar-refractivity contribution in [3.05, 3.63) is 29.8 Å². The molecule has 0 aliphatic heterocycles. The summed E-state index contributed by atoms with van der Waals surface area (Å²) in [5.41, 5.74) is 0.787. The first-order chi connectivity index (χ1) is 9.34. The molecule has 0 amide bonds. The maximum Gasteiger partial charge on any atom is 0.150 e. The summed E-state index contributed by atoms with van der Waals surface area (Å²) >= 11 is 0. The van der Waals surface area contributed by atoms with Crippen molar-refractivity contribution in [2.24, 2.45) is 0 Å². The van der Waals surface area contributed by atoms with Gasteiger partial charge in [0.15, 0.2) is 0 Å². The quantitative estimate of drug-likeness (QED) is 0.802. The maximum atomic E-state index is 11.4. The molecule has 4 nitrogen and oxygen atoms in total. The third-order valence-electron chi connectivity index (χ3n) is 3.01. The number of hydrogen-bond acceptors (Lipinski definition) is 4. The van der Waals surface area contributed by atoms with Gasteiger partial charge < -0.3 is 9.84 Å². The normalized spacial score (nSPS) is 13.4. The van der Waals surface area contributed by atoms with Crippen molar-refractivity contribution < 1.29 is 18.3 Å². The zero-order valence-corrected chi connectivity index (χ0v) is 13.2. The molecular formula is C15H24O4S. The monoisotopic (exact) mass is 300 g/mol. The molecule has 1 atom stereocenters. The highest BCUT2D eigenvalue weighted by Gasteiger charge is 2.11. The Bertz CT molecular complexity index is 491. The Morgan fingerprint density at radius 3 is 2.30 bits per heavy atom. The molecular weight excluding hydrogens is 276 g/mol. The number of benzene rings is 1. The van der Waals surface area contributed by atoms with E-state index in [2.05, 4.69) is 0 Å². The first-order valence-corrected chi connectivity index (χ1v) is 8.81. The Hall–Kier alpha value is -1.07. The molecule has 0 saturated heterocycles. The highest BCUT2D eigenvalue weighted by molar-refractivity contribution is 7.91. The summed E-state index contributed by atoms with van der Waals surface area (Å²) in [6.45, 7) is 5.55. The smallest absolute Gasteiger partial charge is 0.150 e. The summed E-state index contributed by atoms with van der Waals surface area (Å²) in [4.78, 5) is 0. The molecule has 20 heavy (non-hydrogen) atoms. The van der Waals surface area contributed by atoms with Crippen LogP contribution in [0.4, 0.5) is 0 Å². The van der Waals surface area contributed by atoms with Gasteiger partial charge in [-0.2, -0.15) is 0 Å². The number of aliphatic hydroxyl groups excluding tert-OH is 1. The predicted octanol–water partition coefficient (Wildman–Crippen LogP) is 2.72. The van der Waals surface area contributed by atoms with Crippen LogP contribution in [0.1, 0.15) is 45.3 Å². The molecule has 1 N–H and O–H groups in total. The van der Waals surface area contributed by atoms with E-state index in [9.17, 15) is 13.5 Å². The van der Waals surface area contributed by atoms with E-state index in [1.54, 1.807) is 6.92 Å². The van der Waals surface area contributed by atoms with E-state index >= 15 is 0 Å². The van der Waals surface area contributed by atoms with Crippen molar-refractivity contribution in [3.63, 3.8) is 0 Å². The lowest BCUT2D eigenvalue weighted by atomic mass is 10.1. The van der Waals surface area contributed by atoms with E-state index in [0.29, 0.717) is 12.8 Å². The van der Waals surface area contributed by atoms with Crippen molar-refractivity contribution in [2.75, 3.05) is 11.5 Å². The number of hydrogen-bond donors (Lipinski definition) is 1. The maximum absolute atomic E-state index is 11.4. The highest BCUT2D eigenvalue weighted by atomic mass is 32.2. The molecule has 0 aliphatic rings. The van der Waals surface area contributed by atoms with E-state index in [4.69, 9.17) is 4.74 Å². The first kappa shape index (κ1) is 17.0. The number of rotatable bonds is 8. The Labute approximate surface area is 121 Å². The zero-order chi connectivity index (χ0) is 15.2. The third-order valence-corrected chi connectivity index (χ3v) is 4.80. The molecule has 0 fully saturated rings. The summed E-state index contributed by atoms with van der Waals surface area (Å²) in [7, 11) is -2.95. The molecule has 0 radical (unpaired) electrons. The lowest BCUT2D eigenvalue weighted by Gasteiger charge is -2.13. The van der Waals surface area contributed by atoms with Gasteiger partial charge in [0.05, 0.1) is 18.0 Å². The van der Waals surface area contributed by atoms with Crippen LogP contribution in [0.15, 0.2) is 24.3 Å². The topological polar surface area (TPSA) is 63.6 Å². The van der Waals surface area contributed by atoms with Crippen molar-refractivity contribution in [2.45, 2.75) is 45.8 Å². The van der Waals surface area contributed by atoms with Gasteiger partial charge in [0.2, 0.25) is 0 Å². The fourth-order valence-electron chi connectivity index (χ4n) is 1.85. The van der Waals surface area contributed by atoms with E-state index in [1.807, 2.05) is 38.1 Å². The van der Waals surface area contributed by atoms with Crippen LogP contribution in [0, 0.1) is 0 Å². The zero-order valence-electron chi connectivity index (χ0n) is 12.4. The largest absolute Gasteiger partial charge is 0.491 e. The van der Waals surface area contributed by atoms with Crippen molar-refractivity contribution in [3.8, 4) is 5.75 Å². The predicted molar refractivity (Wildman–Crippen MR) is 80.7 cm³/mol. The van der Waals surface area contributed by atoms with Crippen molar-refractivity contribution in [1.29, 1.82) is 0 Å². The van der Waals surface area contributed by atoms with Crippen LogP contribution in [0.3, 0.4) is 0 Å². The van der Waals surface area contributed by atoms with E-state index in [-0.39, 0.29) is 17.6 Å². The van der Waals surface area contributed by atoms with Gasteiger partial charge in [-0.3, -0.25) is 0 Å². The van der Waals surface area contributed by atoms with Gasteiger partial charge in [-0.1, -0.05) is 19.1 Å². The fraction of sp³-hybridized carbons (Fsp3) is 0.600. The molecule has 114 valence electrons. The van der Waals surface area contributed by atoms with E-state index in [0.717, 1.165) is 11.3 Å². The van der Waals surface area contributed by atoms with E-state index in [1.165, 1.54) is 0 Å². The molecule has 0 spiro atoms. The van der Waals surface area contributed by atoms with Gasteiger partial charge in [0.1, 0.15) is 15.6 Å². The Kier molecular flexibility index (Phi) is 6.49. The average Bonchev–Trinajstić information content (AvgIpc) is 2.38. The lowest BCUT2D eigenvalue weighted by Crippen LogP contribution is -2.10. The standard InChI is InChI=1S/C15H24O4S/c1-4-20(17,18)11-5-6-15(16)13-7-9-14(10-8-13)19-12(2)3/h7-10,12,15-16H,4-6,11H2,1-3H3. The Morgan fingerprint density at radius 2 is 1.80 bits per heavy atom. The fourth-order valence-corrected chi connectivity index (χ4v) is 2.74. The van der Waals surface area contributed by atoms with Gasteiger partial charge in [0.25, 0.3) is 0 Å². The summed E-state index contributed by atoms with van der Waals surface area (Å²) in [6, 6.07) is 7.27. The molecule has 1 aromatic carbocycles. The average molecular weight is 300 g/mol. The van der Waals surface area contributed by atoms with Crippen LogP contribution < -0.4 is 4.74 Å². The van der Waals surface area contributed by atoms with Gasteiger partial charge in [-0.15, -0.1) is 0 Å². The molecule has 0 saturated carbocycles. The molecule has 1 unspecified atom stereocenters.